The molecule has 0 aliphatic heterocycles. The summed E-state index contributed by atoms with van der Waals surface area (Å²) in [4.78, 5) is 14.4. The predicted octanol–water partition coefficient (Wildman–Crippen LogP) is 5.03. The maximum Gasteiger partial charge on any atom is 0.338 e. The SMILES string of the molecule is CCOC(=O)c1ccc(OCCCCCc2ccc(C)s2)cc1. The lowest BCUT2D eigenvalue weighted by Gasteiger charge is -2.07. The molecule has 2 rings (SSSR count). The van der Waals surface area contributed by atoms with Gasteiger partial charge in [0.1, 0.15) is 5.75 Å². The molecule has 1 heterocycles. The zero-order chi connectivity index (χ0) is 16.5. The topological polar surface area (TPSA) is 35.5 Å². The Hall–Kier alpha value is -1.81. The van der Waals surface area contributed by atoms with Gasteiger partial charge in [0.25, 0.3) is 0 Å². The molecule has 0 saturated heterocycles. The fourth-order valence-electron chi connectivity index (χ4n) is 2.29. The summed E-state index contributed by atoms with van der Waals surface area (Å²) in [5.74, 6) is 0.509. The average Bonchev–Trinajstić information content (AvgIpc) is 2.97. The van der Waals surface area contributed by atoms with Crippen molar-refractivity contribution in [2.24, 2.45) is 0 Å². The number of ether oxygens (including phenoxy) is 2. The smallest absolute Gasteiger partial charge is 0.338 e. The minimum atomic E-state index is -0.289. The van der Waals surface area contributed by atoms with Crippen LogP contribution in [0, 0.1) is 6.92 Å². The van der Waals surface area contributed by atoms with Crippen LogP contribution in [0.5, 0.6) is 5.75 Å². The normalized spacial score (nSPS) is 10.5. The summed E-state index contributed by atoms with van der Waals surface area (Å²) >= 11 is 1.89. The number of hydrogen-bond donors (Lipinski definition) is 0. The number of hydrogen-bond acceptors (Lipinski definition) is 4. The minimum Gasteiger partial charge on any atom is -0.494 e. The first kappa shape index (κ1) is 17.5. The Labute approximate surface area is 142 Å². The van der Waals surface area contributed by atoms with E-state index in [2.05, 4.69) is 19.1 Å². The summed E-state index contributed by atoms with van der Waals surface area (Å²) in [6.45, 7) is 5.05. The lowest BCUT2D eigenvalue weighted by Crippen LogP contribution is -2.04. The number of benzene rings is 1. The quantitative estimate of drug-likeness (QED) is 0.477. The summed E-state index contributed by atoms with van der Waals surface area (Å²) in [5.41, 5.74) is 0.561. The number of esters is 1. The molecule has 124 valence electrons. The Morgan fingerprint density at radius 2 is 1.83 bits per heavy atom. The van der Waals surface area contributed by atoms with Crippen LogP contribution < -0.4 is 4.74 Å². The molecule has 0 amide bonds. The highest BCUT2D eigenvalue weighted by Crippen LogP contribution is 2.18. The van der Waals surface area contributed by atoms with Gasteiger partial charge in [-0.3, -0.25) is 0 Å². The largest absolute Gasteiger partial charge is 0.494 e. The van der Waals surface area contributed by atoms with Crippen LogP contribution in [0.3, 0.4) is 0 Å². The van der Waals surface area contributed by atoms with Crippen molar-refractivity contribution in [3.05, 3.63) is 51.7 Å². The predicted molar refractivity (Wildman–Crippen MR) is 94.5 cm³/mol. The summed E-state index contributed by atoms with van der Waals surface area (Å²) in [6, 6.07) is 11.5. The van der Waals surface area contributed by atoms with Crippen LogP contribution in [0.25, 0.3) is 0 Å². The molecule has 0 fully saturated rings. The van der Waals surface area contributed by atoms with E-state index in [1.165, 1.54) is 16.2 Å². The number of unbranched alkanes of at least 4 members (excludes halogenated alkanes) is 2. The third-order valence-corrected chi connectivity index (χ3v) is 4.56. The minimum absolute atomic E-state index is 0.289. The first-order valence-electron chi connectivity index (χ1n) is 8.14. The molecule has 1 aromatic heterocycles. The monoisotopic (exact) mass is 332 g/mol. The van der Waals surface area contributed by atoms with Crippen molar-refractivity contribution in [1.82, 2.24) is 0 Å². The Bertz CT molecular complexity index is 601. The first-order chi connectivity index (χ1) is 11.2. The van der Waals surface area contributed by atoms with E-state index in [0.717, 1.165) is 25.0 Å². The van der Waals surface area contributed by atoms with Gasteiger partial charge >= 0.3 is 5.97 Å². The summed E-state index contributed by atoms with van der Waals surface area (Å²) < 4.78 is 10.7. The molecule has 3 nitrogen and oxygen atoms in total. The van der Waals surface area contributed by atoms with Crippen molar-refractivity contribution < 1.29 is 14.3 Å². The second-order valence-electron chi connectivity index (χ2n) is 5.42. The summed E-state index contributed by atoms with van der Waals surface area (Å²) in [5, 5.41) is 0. The number of rotatable bonds is 9. The maximum absolute atomic E-state index is 11.5. The van der Waals surface area contributed by atoms with E-state index < -0.39 is 0 Å². The molecule has 0 atom stereocenters. The molecule has 4 heteroatoms. The summed E-state index contributed by atoms with van der Waals surface area (Å²) in [6.07, 6.45) is 4.57. The first-order valence-corrected chi connectivity index (χ1v) is 8.96. The van der Waals surface area contributed by atoms with Crippen LogP contribution in [0.1, 0.15) is 46.3 Å². The van der Waals surface area contributed by atoms with Gasteiger partial charge in [0, 0.05) is 9.75 Å². The van der Waals surface area contributed by atoms with Crippen molar-refractivity contribution in [1.29, 1.82) is 0 Å². The van der Waals surface area contributed by atoms with Crippen molar-refractivity contribution in [2.75, 3.05) is 13.2 Å². The standard InChI is InChI=1S/C19H24O3S/c1-3-21-19(20)16-9-11-17(12-10-16)22-14-6-4-5-7-18-13-8-15(2)23-18/h8-13H,3-7,14H2,1-2H3. The van der Waals surface area contributed by atoms with E-state index in [0.29, 0.717) is 18.8 Å². The Morgan fingerprint density at radius 3 is 2.48 bits per heavy atom. The van der Waals surface area contributed by atoms with E-state index in [1.807, 2.05) is 23.5 Å². The fourth-order valence-corrected chi connectivity index (χ4v) is 3.22. The molecule has 0 aliphatic carbocycles. The Morgan fingerprint density at radius 1 is 1.04 bits per heavy atom. The lowest BCUT2D eigenvalue weighted by molar-refractivity contribution is 0.0526. The summed E-state index contributed by atoms with van der Waals surface area (Å²) in [7, 11) is 0. The number of carbonyl (C=O) groups is 1. The molecule has 0 bridgehead atoms. The second-order valence-corrected chi connectivity index (χ2v) is 6.79. The molecule has 1 aromatic carbocycles. The second kappa shape index (κ2) is 9.36. The van der Waals surface area contributed by atoms with Crippen LogP contribution in [0.4, 0.5) is 0 Å². The zero-order valence-electron chi connectivity index (χ0n) is 13.8. The molecule has 0 spiro atoms. The van der Waals surface area contributed by atoms with Gasteiger partial charge in [-0.25, -0.2) is 4.79 Å². The van der Waals surface area contributed by atoms with Crippen molar-refractivity contribution in [2.45, 2.75) is 39.5 Å². The van der Waals surface area contributed by atoms with Crippen molar-refractivity contribution in [3.8, 4) is 5.75 Å². The van der Waals surface area contributed by atoms with Crippen LogP contribution in [-0.4, -0.2) is 19.2 Å². The molecular weight excluding hydrogens is 308 g/mol. The van der Waals surface area contributed by atoms with E-state index >= 15 is 0 Å². The van der Waals surface area contributed by atoms with Crippen LogP contribution in [0.15, 0.2) is 36.4 Å². The highest BCUT2D eigenvalue weighted by Gasteiger charge is 2.05. The molecule has 0 radical (unpaired) electrons. The molecular formula is C19H24O3S. The van der Waals surface area contributed by atoms with Gasteiger partial charge < -0.3 is 9.47 Å². The Kier molecular flexibility index (Phi) is 7.14. The van der Waals surface area contributed by atoms with Gasteiger partial charge in [0.2, 0.25) is 0 Å². The van der Waals surface area contributed by atoms with E-state index in [-0.39, 0.29) is 5.97 Å². The third-order valence-electron chi connectivity index (χ3n) is 3.50. The third kappa shape index (κ3) is 6.06. The molecule has 0 N–H and O–H groups in total. The van der Waals surface area contributed by atoms with Crippen molar-refractivity contribution >= 4 is 17.3 Å². The van der Waals surface area contributed by atoms with Gasteiger partial charge in [0.15, 0.2) is 0 Å². The van der Waals surface area contributed by atoms with Gasteiger partial charge in [-0.2, -0.15) is 0 Å². The van der Waals surface area contributed by atoms with Gasteiger partial charge in [0.05, 0.1) is 18.8 Å². The molecule has 23 heavy (non-hydrogen) atoms. The maximum atomic E-state index is 11.5. The number of thiophene rings is 1. The molecule has 0 unspecified atom stereocenters. The van der Waals surface area contributed by atoms with Gasteiger partial charge in [-0.05, 0) is 75.9 Å². The van der Waals surface area contributed by atoms with E-state index in [9.17, 15) is 4.79 Å². The molecule has 2 aromatic rings. The number of aryl methyl sites for hydroxylation is 2. The Balaban J connectivity index is 1.61. The number of carbonyl (C=O) groups excluding carboxylic acids is 1. The van der Waals surface area contributed by atoms with E-state index in [4.69, 9.17) is 9.47 Å². The van der Waals surface area contributed by atoms with Crippen LogP contribution >= 0.6 is 11.3 Å². The van der Waals surface area contributed by atoms with Gasteiger partial charge in [-0.15, -0.1) is 11.3 Å². The van der Waals surface area contributed by atoms with E-state index in [1.54, 1.807) is 19.1 Å². The van der Waals surface area contributed by atoms with Gasteiger partial charge in [-0.1, -0.05) is 0 Å². The van der Waals surface area contributed by atoms with Crippen molar-refractivity contribution in [3.63, 3.8) is 0 Å². The fraction of sp³-hybridized carbons (Fsp3) is 0.421. The zero-order valence-corrected chi connectivity index (χ0v) is 14.7. The van der Waals surface area contributed by atoms with Crippen LogP contribution in [0.2, 0.25) is 0 Å². The molecule has 0 saturated carbocycles. The average molecular weight is 332 g/mol. The molecule has 0 aliphatic rings. The van der Waals surface area contributed by atoms with Crippen LogP contribution in [-0.2, 0) is 11.2 Å². The highest BCUT2D eigenvalue weighted by molar-refractivity contribution is 7.11. The highest BCUT2D eigenvalue weighted by atomic mass is 32.1. The lowest BCUT2D eigenvalue weighted by atomic mass is 10.2.